The van der Waals surface area contributed by atoms with Crippen LogP contribution in [0.25, 0.3) is 0 Å². The molecule has 0 radical (unpaired) electrons. The lowest BCUT2D eigenvalue weighted by Crippen LogP contribution is -2.05. The van der Waals surface area contributed by atoms with Crippen LogP contribution in [0, 0.1) is 6.92 Å². The minimum atomic E-state index is 0.514. The predicted molar refractivity (Wildman–Crippen MR) is 60.6 cm³/mol. The number of thiocarbonyl (C=S) groups is 1. The molecule has 0 fully saturated rings. The van der Waals surface area contributed by atoms with Gasteiger partial charge in [-0.1, -0.05) is 6.92 Å². The highest BCUT2D eigenvalue weighted by molar-refractivity contribution is 7.80. The van der Waals surface area contributed by atoms with Gasteiger partial charge in [0.1, 0.15) is 11.5 Å². The maximum absolute atomic E-state index is 5.26. The SMILES string of the molecule is CCCc1nc(C)c(C(=S)OCC)[nH]1. The molecule has 0 atom stereocenters. The third kappa shape index (κ3) is 2.54. The van der Waals surface area contributed by atoms with Gasteiger partial charge in [-0.05, 0) is 32.5 Å². The largest absolute Gasteiger partial charge is 0.482 e. The van der Waals surface area contributed by atoms with E-state index in [4.69, 9.17) is 17.0 Å². The van der Waals surface area contributed by atoms with Crippen LogP contribution in [0.3, 0.4) is 0 Å². The number of H-pyrrole nitrogens is 1. The topological polar surface area (TPSA) is 37.9 Å². The molecule has 0 amide bonds. The minimum absolute atomic E-state index is 0.514. The normalized spacial score (nSPS) is 10.2. The first-order valence-corrected chi connectivity index (χ1v) is 5.32. The zero-order valence-corrected chi connectivity index (χ0v) is 9.70. The number of hydrogen-bond acceptors (Lipinski definition) is 3. The molecule has 1 heterocycles. The average Bonchev–Trinajstić information content (AvgIpc) is 2.48. The lowest BCUT2D eigenvalue weighted by molar-refractivity contribution is 0.336. The number of rotatable bonds is 4. The van der Waals surface area contributed by atoms with Crippen molar-refractivity contribution < 1.29 is 4.74 Å². The Morgan fingerprint density at radius 3 is 2.79 bits per heavy atom. The van der Waals surface area contributed by atoms with Gasteiger partial charge in [0.15, 0.2) is 0 Å². The number of aromatic amines is 1. The quantitative estimate of drug-likeness (QED) is 0.779. The van der Waals surface area contributed by atoms with Gasteiger partial charge in [-0.15, -0.1) is 0 Å². The molecule has 0 saturated carbocycles. The molecular formula is C10H16N2OS. The zero-order valence-electron chi connectivity index (χ0n) is 8.89. The molecule has 0 unspecified atom stereocenters. The molecule has 0 aliphatic carbocycles. The van der Waals surface area contributed by atoms with Gasteiger partial charge in [-0.3, -0.25) is 0 Å². The molecule has 14 heavy (non-hydrogen) atoms. The summed E-state index contributed by atoms with van der Waals surface area (Å²) < 4.78 is 5.26. The monoisotopic (exact) mass is 212 g/mol. The maximum Gasteiger partial charge on any atom is 0.209 e. The number of ether oxygens (including phenoxy) is 1. The lowest BCUT2D eigenvalue weighted by atomic mass is 10.3. The Morgan fingerprint density at radius 1 is 1.50 bits per heavy atom. The van der Waals surface area contributed by atoms with Gasteiger partial charge in [0, 0.05) is 6.42 Å². The van der Waals surface area contributed by atoms with Gasteiger partial charge >= 0.3 is 0 Å². The minimum Gasteiger partial charge on any atom is -0.482 e. The summed E-state index contributed by atoms with van der Waals surface area (Å²) in [7, 11) is 0. The van der Waals surface area contributed by atoms with Crippen molar-refractivity contribution in [1.29, 1.82) is 0 Å². The van der Waals surface area contributed by atoms with E-state index in [1.165, 1.54) is 0 Å². The fraction of sp³-hybridized carbons (Fsp3) is 0.600. The molecule has 3 nitrogen and oxygen atoms in total. The van der Waals surface area contributed by atoms with E-state index in [9.17, 15) is 0 Å². The van der Waals surface area contributed by atoms with Gasteiger partial charge < -0.3 is 9.72 Å². The molecule has 1 aromatic heterocycles. The van der Waals surface area contributed by atoms with Crippen LogP contribution < -0.4 is 0 Å². The van der Waals surface area contributed by atoms with Crippen LogP contribution in [0.4, 0.5) is 0 Å². The van der Waals surface area contributed by atoms with E-state index in [1.807, 2.05) is 13.8 Å². The summed E-state index contributed by atoms with van der Waals surface area (Å²) in [5.41, 5.74) is 1.78. The summed E-state index contributed by atoms with van der Waals surface area (Å²) in [4.78, 5) is 7.57. The van der Waals surface area contributed by atoms with E-state index in [2.05, 4.69) is 16.9 Å². The predicted octanol–water partition coefficient (Wildman–Crippen LogP) is 2.38. The molecule has 0 saturated heterocycles. The van der Waals surface area contributed by atoms with Gasteiger partial charge in [-0.25, -0.2) is 4.98 Å². The Balaban J connectivity index is 2.81. The first kappa shape index (κ1) is 11.2. The van der Waals surface area contributed by atoms with E-state index in [1.54, 1.807) is 0 Å². The molecular weight excluding hydrogens is 196 g/mol. The molecule has 0 bridgehead atoms. The van der Waals surface area contributed by atoms with Crippen LogP contribution in [0.1, 0.15) is 37.5 Å². The molecule has 0 aromatic carbocycles. The van der Waals surface area contributed by atoms with E-state index < -0.39 is 0 Å². The second-order valence-corrected chi connectivity index (χ2v) is 3.49. The van der Waals surface area contributed by atoms with Gasteiger partial charge in [0.05, 0.1) is 12.3 Å². The molecule has 0 spiro atoms. The Labute approximate surface area is 89.9 Å². The molecule has 1 aromatic rings. The first-order chi connectivity index (χ1) is 6.69. The van der Waals surface area contributed by atoms with Crippen molar-refractivity contribution >= 4 is 17.3 Å². The van der Waals surface area contributed by atoms with Gasteiger partial charge in [-0.2, -0.15) is 0 Å². The Hall–Kier alpha value is -0.900. The second kappa shape index (κ2) is 5.10. The highest BCUT2D eigenvalue weighted by Gasteiger charge is 2.10. The Kier molecular flexibility index (Phi) is 4.07. The van der Waals surface area contributed by atoms with Crippen molar-refractivity contribution in [1.82, 2.24) is 9.97 Å². The van der Waals surface area contributed by atoms with E-state index in [0.717, 1.165) is 30.1 Å². The second-order valence-electron chi connectivity index (χ2n) is 3.11. The summed E-state index contributed by atoms with van der Waals surface area (Å²) in [5, 5.41) is 0.514. The smallest absolute Gasteiger partial charge is 0.209 e. The first-order valence-electron chi connectivity index (χ1n) is 4.91. The number of imidazole rings is 1. The van der Waals surface area contributed by atoms with Crippen molar-refractivity contribution in [3.05, 3.63) is 17.2 Å². The van der Waals surface area contributed by atoms with E-state index >= 15 is 0 Å². The fourth-order valence-corrected chi connectivity index (χ4v) is 1.59. The molecule has 0 aliphatic rings. The van der Waals surface area contributed by atoms with Crippen molar-refractivity contribution in [2.45, 2.75) is 33.6 Å². The van der Waals surface area contributed by atoms with Crippen molar-refractivity contribution in [2.75, 3.05) is 6.61 Å². The number of aromatic nitrogens is 2. The summed E-state index contributed by atoms with van der Waals surface area (Å²) in [6.45, 7) is 6.58. The summed E-state index contributed by atoms with van der Waals surface area (Å²) >= 11 is 5.11. The zero-order chi connectivity index (χ0) is 10.6. The summed E-state index contributed by atoms with van der Waals surface area (Å²) in [5.74, 6) is 0.988. The van der Waals surface area contributed by atoms with E-state index in [0.29, 0.717) is 11.7 Å². The lowest BCUT2D eigenvalue weighted by Gasteiger charge is -2.02. The van der Waals surface area contributed by atoms with Gasteiger partial charge in [0.2, 0.25) is 5.05 Å². The van der Waals surface area contributed by atoms with Crippen LogP contribution in [-0.2, 0) is 11.2 Å². The van der Waals surface area contributed by atoms with E-state index in [-0.39, 0.29) is 0 Å². The molecule has 78 valence electrons. The Morgan fingerprint density at radius 2 is 2.21 bits per heavy atom. The molecule has 1 N–H and O–H groups in total. The number of nitrogens with zero attached hydrogens (tertiary/aromatic N) is 1. The van der Waals surface area contributed by atoms with Crippen LogP contribution in [0.5, 0.6) is 0 Å². The standard InChI is InChI=1S/C10H16N2OS/c1-4-6-8-11-7(3)9(12-8)10(14)13-5-2/h4-6H2,1-3H3,(H,11,12). The van der Waals surface area contributed by atoms with Crippen LogP contribution in [0.2, 0.25) is 0 Å². The van der Waals surface area contributed by atoms with Crippen LogP contribution >= 0.6 is 12.2 Å². The number of nitrogens with one attached hydrogen (secondary N) is 1. The van der Waals surface area contributed by atoms with Crippen molar-refractivity contribution in [3.63, 3.8) is 0 Å². The molecule has 4 heteroatoms. The highest BCUT2D eigenvalue weighted by Crippen LogP contribution is 2.09. The summed E-state index contributed by atoms with van der Waals surface area (Å²) in [6, 6.07) is 0. The van der Waals surface area contributed by atoms with Crippen LogP contribution in [0.15, 0.2) is 0 Å². The Bertz CT molecular complexity index is 320. The molecule has 0 aliphatic heterocycles. The third-order valence-corrected chi connectivity index (χ3v) is 2.22. The highest BCUT2D eigenvalue weighted by atomic mass is 32.1. The van der Waals surface area contributed by atoms with Gasteiger partial charge in [0.25, 0.3) is 0 Å². The van der Waals surface area contributed by atoms with Crippen molar-refractivity contribution in [3.8, 4) is 0 Å². The summed E-state index contributed by atoms with van der Waals surface area (Å²) in [6.07, 6.45) is 2.03. The van der Waals surface area contributed by atoms with Crippen molar-refractivity contribution in [2.24, 2.45) is 0 Å². The number of aryl methyl sites for hydroxylation is 2. The number of hydrogen-bond donors (Lipinski definition) is 1. The average molecular weight is 212 g/mol. The molecule has 1 rings (SSSR count). The maximum atomic E-state index is 5.26. The third-order valence-electron chi connectivity index (χ3n) is 1.90. The van der Waals surface area contributed by atoms with Crippen LogP contribution in [-0.4, -0.2) is 21.6 Å². The fourth-order valence-electron chi connectivity index (χ4n) is 1.28.